The first kappa shape index (κ1) is 14.5. The van der Waals surface area contributed by atoms with Gasteiger partial charge in [0.1, 0.15) is 12.2 Å². The van der Waals surface area contributed by atoms with Crippen molar-refractivity contribution in [1.29, 1.82) is 0 Å². The normalized spacial score (nSPS) is 35.8. The Hall–Kier alpha value is 0.0969. The Morgan fingerprint density at radius 3 is 2.39 bits per heavy atom. The summed E-state index contributed by atoms with van der Waals surface area (Å²) in [4.78, 5) is 0. The van der Waals surface area contributed by atoms with Crippen LogP contribution in [0.1, 0.15) is 34.6 Å². The molecular formula is C14H29NO2Si. The van der Waals surface area contributed by atoms with E-state index in [1.807, 2.05) is 13.8 Å². The standard InChI is InChI=1S/C14H29NO2Si/c1-13(2,3)18(6,7)9-10-12-11(8-15-10)16-14(4,5)17-12/h10-12,15H,8-9H2,1-7H3/t10-,11+,12-/m1/s1. The summed E-state index contributed by atoms with van der Waals surface area (Å²) in [5.41, 5.74) is 0. The molecule has 0 spiro atoms. The van der Waals surface area contributed by atoms with Crippen molar-refractivity contribution in [2.75, 3.05) is 6.54 Å². The summed E-state index contributed by atoms with van der Waals surface area (Å²) in [7, 11) is -1.27. The second-order valence-corrected chi connectivity index (χ2v) is 13.7. The lowest BCUT2D eigenvalue weighted by Gasteiger charge is -2.39. The molecule has 4 heteroatoms. The molecule has 0 unspecified atom stereocenters. The second kappa shape index (κ2) is 4.30. The van der Waals surface area contributed by atoms with Crippen LogP contribution in [0, 0.1) is 0 Å². The highest BCUT2D eigenvalue weighted by atomic mass is 28.3. The first-order valence-electron chi connectivity index (χ1n) is 7.11. The van der Waals surface area contributed by atoms with Crippen molar-refractivity contribution in [3.05, 3.63) is 0 Å². The van der Waals surface area contributed by atoms with Crippen LogP contribution < -0.4 is 5.32 Å². The number of fused-ring (bicyclic) bond motifs is 1. The van der Waals surface area contributed by atoms with Gasteiger partial charge in [-0.1, -0.05) is 33.9 Å². The molecule has 0 saturated carbocycles. The van der Waals surface area contributed by atoms with Gasteiger partial charge in [0.05, 0.1) is 8.07 Å². The fourth-order valence-electron chi connectivity index (χ4n) is 2.79. The van der Waals surface area contributed by atoms with Crippen LogP contribution in [0.5, 0.6) is 0 Å². The van der Waals surface area contributed by atoms with Crippen molar-refractivity contribution in [1.82, 2.24) is 5.32 Å². The Kier molecular flexibility index (Phi) is 3.47. The quantitative estimate of drug-likeness (QED) is 0.783. The van der Waals surface area contributed by atoms with Gasteiger partial charge in [-0.25, -0.2) is 0 Å². The Bertz CT molecular complexity index is 322. The van der Waals surface area contributed by atoms with E-state index in [2.05, 4.69) is 39.2 Å². The lowest BCUT2D eigenvalue weighted by molar-refractivity contribution is -0.152. The Morgan fingerprint density at radius 2 is 1.83 bits per heavy atom. The number of hydrogen-bond acceptors (Lipinski definition) is 3. The van der Waals surface area contributed by atoms with Crippen molar-refractivity contribution in [2.45, 2.75) is 82.8 Å². The van der Waals surface area contributed by atoms with Crippen LogP contribution in [0.2, 0.25) is 24.2 Å². The summed E-state index contributed by atoms with van der Waals surface area (Å²) in [6.07, 6.45) is 0.490. The van der Waals surface area contributed by atoms with Crippen molar-refractivity contribution < 1.29 is 9.47 Å². The molecule has 2 rings (SSSR count). The van der Waals surface area contributed by atoms with Crippen LogP contribution in [0.4, 0.5) is 0 Å². The van der Waals surface area contributed by atoms with Crippen molar-refractivity contribution in [3.63, 3.8) is 0 Å². The average molecular weight is 271 g/mol. The molecule has 2 heterocycles. The van der Waals surface area contributed by atoms with E-state index in [1.54, 1.807) is 0 Å². The van der Waals surface area contributed by atoms with E-state index in [9.17, 15) is 0 Å². The minimum Gasteiger partial charge on any atom is -0.343 e. The Balaban J connectivity index is 2.04. The van der Waals surface area contributed by atoms with Gasteiger partial charge in [-0.3, -0.25) is 0 Å². The molecular weight excluding hydrogens is 242 g/mol. The van der Waals surface area contributed by atoms with Crippen LogP contribution in [0.3, 0.4) is 0 Å². The van der Waals surface area contributed by atoms with E-state index in [-0.39, 0.29) is 12.2 Å². The molecule has 3 atom stereocenters. The molecule has 18 heavy (non-hydrogen) atoms. The maximum Gasteiger partial charge on any atom is 0.163 e. The third-order valence-electron chi connectivity index (χ3n) is 4.96. The third-order valence-corrected chi connectivity index (χ3v) is 10.5. The lowest BCUT2D eigenvalue weighted by Crippen LogP contribution is -2.46. The number of ether oxygens (including phenoxy) is 2. The van der Waals surface area contributed by atoms with Gasteiger partial charge in [-0.15, -0.1) is 0 Å². The number of rotatable bonds is 2. The average Bonchev–Trinajstić information content (AvgIpc) is 2.61. The predicted octanol–water partition coefficient (Wildman–Crippen LogP) is 2.99. The molecule has 0 radical (unpaired) electrons. The lowest BCUT2D eigenvalue weighted by atomic mass is 10.2. The van der Waals surface area contributed by atoms with Crippen LogP contribution in [0.15, 0.2) is 0 Å². The van der Waals surface area contributed by atoms with Gasteiger partial charge in [0, 0.05) is 12.6 Å². The highest BCUT2D eigenvalue weighted by Gasteiger charge is 2.51. The van der Waals surface area contributed by atoms with Gasteiger partial charge in [-0.05, 0) is 24.9 Å². The fraction of sp³-hybridized carbons (Fsp3) is 1.00. The first-order valence-corrected chi connectivity index (χ1v) is 10.3. The van der Waals surface area contributed by atoms with Crippen LogP contribution >= 0.6 is 0 Å². The molecule has 0 aromatic carbocycles. The zero-order chi connectivity index (χ0) is 13.8. The second-order valence-electron chi connectivity index (χ2n) is 7.99. The van der Waals surface area contributed by atoms with E-state index in [4.69, 9.17) is 9.47 Å². The molecule has 0 amide bonds. The van der Waals surface area contributed by atoms with Crippen molar-refractivity contribution >= 4 is 8.07 Å². The highest BCUT2D eigenvalue weighted by Crippen LogP contribution is 2.42. The topological polar surface area (TPSA) is 30.5 Å². The summed E-state index contributed by atoms with van der Waals surface area (Å²) in [5.74, 6) is -0.400. The smallest absolute Gasteiger partial charge is 0.163 e. The SMILES string of the molecule is CC1(C)O[C@H]2[C@H](CN[C@@H]2C[Si](C)(C)C(C)(C)C)O1. The van der Waals surface area contributed by atoms with Crippen LogP contribution in [-0.4, -0.2) is 38.7 Å². The van der Waals surface area contributed by atoms with E-state index in [0.717, 1.165) is 6.54 Å². The molecule has 0 aliphatic carbocycles. The molecule has 3 nitrogen and oxygen atoms in total. The number of nitrogens with one attached hydrogen (secondary N) is 1. The molecule has 2 aliphatic heterocycles. The van der Waals surface area contributed by atoms with Crippen molar-refractivity contribution in [3.8, 4) is 0 Å². The van der Waals surface area contributed by atoms with Gasteiger partial charge >= 0.3 is 0 Å². The van der Waals surface area contributed by atoms with E-state index in [1.165, 1.54) is 6.04 Å². The summed E-state index contributed by atoms with van der Waals surface area (Å²) in [6, 6.07) is 1.73. The molecule has 1 N–H and O–H groups in total. The zero-order valence-corrected chi connectivity index (χ0v) is 14.0. The van der Waals surface area contributed by atoms with Crippen LogP contribution in [-0.2, 0) is 9.47 Å². The van der Waals surface area contributed by atoms with Crippen molar-refractivity contribution in [2.24, 2.45) is 0 Å². The molecule has 2 saturated heterocycles. The third kappa shape index (κ3) is 2.67. The van der Waals surface area contributed by atoms with Gasteiger partial charge in [-0.2, -0.15) is 0 Å². The van der Waals surface area contributed by atoms with E-state index in [0.29, 0.717) is 11.1 Å². The Morgan fingerprint density at radius 1 is 1.22 bits per heavy atom. The van der Waals surface area contributed by atoms with Gasteiger partial charge in [0.2, 0.25) is 0 Å². The Labute approximate surface area is 113 Å². The van der Waals surface area contributed by atoms with Gasteiger partial charge in [0.15, 0.2) is 5.79 Å². The molecule has 2 aliphatic rings. The molecule has 0 bridgehead atoms. The maximum absolute atomic E-state index is 6.08. The molecule has 106 valence electrons. The molecule has 0 aromatic rings. The summed E-state index contributed by atoms with van der Waals surface area (Å²) < 4.78 is 12.0. The maximum atomic E-state index is 6.08. The first-order chi connectivity index (χ1) is 8.02. The summed E-state index contributed by atoms with van der Waals surface area (Å²) in [5, 5.41) is 4.04. The zero-order valence-electron chi connectivity index (χ0n) is 13.0. The van der Waals surface area contributed by atoms with Gasteiger partial charge < -0.3 is 14.8 Å². The summed E-state index contributed by atoms with van der Waals surface area (Å²) in [6.45, 7) is 17.1. The minimum absolute atomic E-state index is 0.245. The molecule has 0 aromatic heterocycles. The van der Waals surface area contributed by atoms with E-state index < -0.39 is 13.9 Å². The fourth-order valence-corrected chi connectivity index (χ4v) is 4.88. The predicted molar refractivity (Wildman–Crippen MR) is 77.6 cm³/mol. The summed E-state index contributed by atoms with van der Waals surface area (Å²) >= 11 is 0. The van der Waals surface area contributed by atoms with E-state index >= 15 is 0 Å². The van der Waals surface area contributed by atoms with Gasteiger partial charge in [0.25, 0.3) is 0 Å². The monoisotopic (exact) mass is 271 g/mol. The largest absolute Gasteiger partial charge is 0.343 e. The number of hydrogen-bond donors (Lipinski definition) is 1. The molecule has 2 fully saturated rings. The highest BCUT2D eigenvalue weighted by molar-refractivity contribution is 6.80. The minimum atomic E-state index is -1.27. The van der Waals surface area contributed by atoms with Crippen LogP contribution in [0.25, 0.3) is 0 Å².